The maximum absolute atomic E-state index is 12.2. The van der Waals surface area contributed by atoms with Gasteiger partial charge in [-0.3, -0.25) is 19.1 Å². The zero-order chi connectivity index (χ0) is 20.8. The molecule has 1 aromatic heterocycles. The van der Waals surface area contributed by atoms with Crippen LogP contribution in [-0.2, 0) is 13.0 Å². The SMILES string of the molecule is O=C(NN=Cc1c(O)n(CCc2ccccc2)c(=O)[nH]c1=O)c1ccccc1I. The van der Waals surface area contributed by atoms with Gasteiger partial charge < -0.3 is 5.11 Å². The number of aromatic amines is 1. The Morgan fingerprint density at radius 1 is 1.14 bits per heavy atom. The minimum absolute atomic E-state index is 0.168. The Morgan fingerprint density at radius 3 is 2.55 bits per heavy atom. The number of hydrazone groups is 1. The van der Waals surface area contributed by atoms with Crippen molar-refractivity contribution in [3.05, 3.63) is 95.7 Å². The number of carbonyl (C=O) groups excluding carboxylic acids is 1. The summed E-state index contributed by atoms with van der Waals surface area (Å²) in [6.45, 7) is 0.168. The molecule has 0 fully saturated rings. The molecule has 0 unspecified atom stereocenters. The number of halogens is 1. The zero-order valence-corrected chi connectivity index (χ0v) is 17.3. The Morgan fingerprint density at radius 2 is 1.83 bits per heavy atom. The lowest BCUT2D eigenvalue weighted by Gasteiger charge is -2.09. The van der Waals surface area contributed by atoms with Gasteiger partial charge in [0.05, 0.1) is 11.8 Å². The number of hydrogen-bond donors (Lipinski definition) is 3. The van der Waals surface area contributed by atoms with E-state index in [0.29, 0.717) is 12.0 Å². The van der Waals surface area contributed by atoms with Crippen LogP contribution in [0.1, 0.15) is 21.5 Å². The number of rotatable bonds is 6. The van der Waals surface area contributed by atoms with E-state index >= 15 is 0 Å². The first-order valence-corrected chi connectivity index (χ1v) is 9.73. The van der Waals surface area contributed by atoms with Crippen LogP contribution in [0.5, 0.6) is 5.88 Å². The third-order valence-corrected chi connectivity index (χ3v) is 5.09. The lowest BCUT2D eigenvalue weighted by molar-refractivity contribution is 0.0954. The van der Waals surface area contributed by atoms with Gasteiger partial charge in [-0.2, -0.15) is 5.10 Å². The number of aromatic hydroxyl groups is 1. The minimum Gasteiger partial charge on any atom is -0.494 e. The van der Waals surface area contributed by atoms with Crippen molar-refractivity contribution in [2.75, 3.05) is 0 Å². The maximum atomic E-state index is 12.2. The molecule has 2 aromatic carbocycles. The molecule has 29 heavy (non-hydrogen) atoms. The third-order valence-electron chi connectivity index (χ3n) is 4.15. The van der Waals surface area contributed by atoms with Gasteiger partial charge in [-0.05, 0) is 46.7 Å². The standard InChI is InChI=1S/C20H17IN4O4/c21-16-9-5-4-8-14(16)18(27)24-22-12-15-17(26)23-20(29)25(19(15)28)11-10-13-6-2-1-3-7-13/h1-9,12,28H,10-11H2,(H,24,27)(H,23,26,29). The Hall–Kier alpha value is -3.21. The molecule has 9 heteroatoms. The summed E-state index contributed by atoms with van der Waals surface area (Å²) in [6, 6.07) is 16.4. The number of nitrogens with one attached hydrogen (secondary N) is 2. The number of nitrogens with zero attached hydrogens (tertiary/aromatic N) is 2. The van der Waals surface area contributed by atoms with Gasteiger partial charge in [-0.1, -0.05) is 42.5 Å². The molecule has 1 amide bonds. The van der Waals surface area contributed by atoms with E-state index in [4.69, 9.17) is 0 Å². The molecule has 148 valence electrons. The van der Waals surface area contributed by atoms with Crippen molar-refractivity contribution in [2.24, 2.45) is 5.10 Å². The molecule has 3 N–H and O–H groups in total. The first-order valence-electron chi connectivity index (χ1n) is 8.65. The smallest absolute Gasteiger partial charge is 0.331 e. The Balaban J connectivity index is 1.79. The first-order chi connectivity index (χ1) is 14.0. The van der Waals surface area contributed by atoms with Crippen LogP contribution >= 0.6 is 22.6 Å². The van der Waals surface area contributed by atoms with Gasteiger partial charge in [-0.15, -0.1) is 0 Å². The number of hydrogen-bond acceptors (Lipinski definition) is 5. The fourth-order valence-electron chi connectivity index (χ4n) is 2.65. The minimum atomic E-state index is -0.796. The van der Waals surface area contributed by atoms with E-state index in [1.165, 1.54) is 0 Å². The van der Waals surface area contributed by atoms with Crippen molar-refractivity contribution in [3.8, 4) is 5.88 Å². The normalized spacial score (nSPS) is 10.9. The van der Waals surface area contributed by atoms with Crippen LogP contribution in [0.4, 0.5) is 0 Å². The molecule has 0 atom stereocenters. The molecule has 0 aliphatic heterocycles. The molecule has 0 radical (unpaired) electrons. The summed E-state index contributed by atoms with van der Waals surface area (Å²) < 4.78 is 1.80. The molecule has 0 bridgehead atoms. The van der Waals surface area contributed by atoms with E-state index in [1.54, 1.807) is 24.3 Å². The van der Waals surface area contributed by atoms with E-state index < -0.39 is 23.0 Å². The number of amides is 1. The van der Waals surface area contributed by atoms with Gasteiger partial charge >= 0.3 is 5.69 Å². The summed E-state index contributed by atoms with van der Waals surface area (Å²) in [5.41, 5.74) is 1.98. The number of benzene rings is 2. The largest absolute Gasteiger partial charge is 0.494 e. The van der Waals surface area contributed by atoms with E-state index in [2.05, 4.69) is 15.5 Å². The summed E-state index contributed by atoms with van der Waals surface area (Å²) in [5, 5.41) is 14.1. The third kappa shape index (κ3) is 4.99. The average Bonchev–Trinajstić information content (AvgIpc) is 2.71. The van der Waals surface area contributed by atoms with Gasteiger partial charge in [0.15, 0.2) is 0 Å². The predicted molar refractivity (Wildman–Crippen MR) is 117 cm³/mol. The maximum Gasteiger partial charge on any atom is 0.331 e. The summed E-state index contributed by atoms with van der Waals surface area (Å²) in [5.74, 6) is -0.971. The van der Waals surface area contributed by atoms with E-state index in [-0.39, 0.29) is 12.1 Å². The fraction of sp³-hybridized carbons (Fsp3) is 0.100. The average molecular weight is 504 g/mol. The monoisotopic (exact) mass is 504 g/mol. The highest BCUT2D eigenvalue weighted by atomic mass is 127. The molecule has 0 saturated heterocycles. The number of carbonyl (C=O) groups is 1. The summed E-state index contributed by atoms with van der Waals surface area (Å²) in [6.07, 6.45) is 1.50. The summed E-state index contributed by atoms with van der Waals surface area (Å²) in [7, 11) is 0. The number of H-pyrrole nitrogens is 1. The quantitative estimate of drug-likeness (QED) is 0.270. The molecule has 3 aromatic rings. The molecular weight excluding hydrogens is 487 g/mol. The van der Waals surface area contributed by atoms with Crippen LogP contribution in [0.25, 0.3) is 0 Å². The van der Waals surface area contributed by atoms with Crippen LogP contribution in [-0.4, -0.2) is 26.8 Å². The summed E-state index contributed by atoms with van der Waals surface area (Å²) in [4.78, 5) is 38.4. The molecule has 8 nitrogen and oxygen atoms in total. The van der Waals surface area contributed by atoms with E-state index in [1.807, 2.05) is 52.9 Å². The second kappa shape index (κ2) is 9.32. The van der Waals surface area contributed by atoms with Gasteiger partial charge in [0.2, 0.25) is 5.88 Å². The second-order valence-electron chi connectivity index (χ2n) is 6.06. The van der Waals surface area contributed by atoms with Crippen LogP contribution in [0.2, 0.25) is 0 Å². The summed E-state index contributed by atoms with van der Waals surface area (Å²) >= 11 is 2.03. The Kier molecular flexibility index (Phi) is 6.60. The van der Waals surface area contributed by atoms with Crippen molar-refractivity contribution in [1.82, 2.24) is 15.0 Å². The predicted octanol–water partition coefficient (Wildman–Crippen LogP) is 1.85. The molecule has 0 aliphatic carbocycles. The number of aryl methyl sites for hydroxylation is 1. The van der Waals surface area contributed by atoms with Crippen LogP contribution in [0.3, 0.4) is 0 Å². The van der Waals surface area contributed by atoms with Crippen molar-refractivity contribution < 1.29 is 9.90 Å². The van der Waals surface area contributed by atoms with Crippen molar-refractivity contribution in [1.29, 1.82) is 0 Å². The van der Waals surface area contributed by atoms with Gasteiger partial charge in [-0.25, -0.2) is 10.2 Å². The molecule has 3 rings (SSSR count). The highest BCUT2D eigenvalue weighted by molar-refractivity contribution is 14.1. The highest BCUT2D eigenvalue weighted by Crippen LogP contribution is 2.12. The lowest BCUT2D eigenvalue weighted by atomic mass is 10.1. The van der Waals surface area contributed by atoms with Gasteiger partial charge in [0.1, 0.15) is 5.56 Å². The van der Waals surface area contributed by atoms with Crippen LogP contribution < -0.4 is 16.7 Å². The fourth-order valence-corrected chi connectivity index (χ4v) is 3.28. The van der Waals surface area contributed by atoms with Crippen molar-refractivity contribution in [3.63, 3.8) is 0 Å². The molecule has 0 saturated carbocycles. The van der Waals surface area contributed by atoms with Crippen molar-refractivity contribution in [2.45, 2.75) is 13.0 Å². The van der Waals surface area contributed by atoms with E-state index in [9.17, 15) is 19.5 Å². The second-order valence-corrected chi connectivity index (χ2v) is 7.22. The zero-order valence-electron chi connectivity index (χ0n) is 15.1. The molecule has 1 heterocycles. The first kappa shape index (κ1) is 20.5. The Bertz CT molecular complexity index is 1170. The lowest BCUT2D eigenvalue weighted by Crippen LogP contribution is -2.33. The topological polar surface area (TPSA) is 117 Å². The molecular formula is C20H17IN4O4. The van der Waals surface area contributed by atoms with Gasteiger partial charge in [0.25, 0.3) is 11.5 Å². The highest BCUT2D eigenvalue weighted by Gasteiger charge is 2.13. The van der Waals surface area contributed by atoms with E-state index in [0.717, 1.165) is 19.9 Å². The number of aromatic nitrogens is 2. The molecule has 0 spiro atoms. The van der Waals surface area contributed by atoms with Gasteiger partial charge in [0, 0.05) is 10.1 Å². The van der Waals surface area contributed by atoms with Crippen LogP contribution in [0.15, 0.2) is 69.3 Å². The Labute approximate surface area is 179 Å². The van der Waals surface area contributed by atoms with Crippen LogP contribution in [0, 0.1) is 3.57 Å². The van der Waals surface area contributed by atoms with Crippen molar-refractivity contribution >= 4 is 34.7 Å². The molecule has 0 aliphatic rings.